The highest BCUT2D eigenvalue weighted by Crippen LogP contribution is 2.31. The van der Waals surface area contributed by atoms with Gasteiger partial charge in [0.15, 0.2) is 0 Å². The summed E-state index contributed by atoms with van der Waals surface area (Å²) in [5.41, 5.74) is 0.761. The first kappa shape index (κ1) is 17.7. The van der Waals surface area contributed by atoms with Crippen LogP contribution in [-0.2, 0) is 9.53 Å². The number of rotatable bonds is 5. The predicted octanol–water partition coefficient (Wildman–Crippen LogP) is 2.49. The molecule has 2 fully saturated rings. The Labute approximate surface area is 147 Å². The second-order valence-corrected chi connectivity index (χ2v) is 6.86. The number of anilines is 1. The third-order valence-electron chi connectivity index (χ3n) is 5.18. The Balaban J connectivity index is 1.55. The largest absolute Gasteiger partial charge is 0.376 e. The van der Waals surface area contributed by atoms with Crippen molar-refractivity contribution in [2.45, 2.75) is 44.8 Å². The number of nitro groups is 1. The summed E-state index contributed by atoms with van der Waals surface area (Å²) in [6, 6.07) is 6.82. The number of amides is 1. The summed E-state index contributed by atoms with van der Waals surface area (Å²) >= 11 is 0. The van der Waals surface area contributed by atoms with E-state index in [1.54, 1.807) is 12.1 Å². The molecule has 25 heavy (non-hydrogen) atoms. The molecule has 2 heterocycles. The number of para-hydroxylation sites is 2. The SMILES string of the molecule is CC(NC(=O)C1CCN(c2ccccc2[N+](=O)[O-])CC1)C1CCCO1. The van der Waals surface area contributed by atoms with E-state index in [0.29, 0.717) is 31.6 Å². The number of hydrogen-bond donors (Lipinski definition) is 1. The first-order valence-electron chi connectivity index (χ1n) is 8.96. The second kappa shape index (κ2) is 7.82. The summed E-state index contributed by atoms with van der Waals surface area (Å²) in [5.74, 6) is 0.0353. The van der Waals surface area contributed by atoms with E-state index in [9.17, 15) is 14.9 Å². The zero-order valence-electron chi connectivity index (χ0n) is 14.5. The fraction of sp³-hybridized carbons (Fsp3) is 0.611. The van der Waals surface area contributed by atoms with Crippen LogP contribution in [0.4, 0.5) is 11.4 Å². The molecular formula is C18H25N3O4. The number of nitrogens with one attached hydrogen (secondary N) is 1. The van der Waals surface area contributed by atoms with E-state index < -0.39 is 0 Å². The van der Waals surface area contributed by atoms with Gasteiger partial charge < -0.3 is 15.0 Å². The van der Waals surface area contributed by atoms with Crippen molar-refractivity contribution < 1.29 is 14.5 Å². The molecule has 3 rings (SSSR count). The van der Waals surface area contributed by atoms with Crippen molar-refractivity contribution in [3.05, 3.63) is 34.4 Å². The Bertz CT molecular complexity index is 623. The second-order valence-electron chi connectivity index (χ2n) is 6.86. The summed E-state index contributed by atoms with van der Waals surface area (Å²) in [5, 5.41) is 14.3. The van der Waals surface area contributed by atoms with Crippen LogP contribution in [0.1, 0.15) is 32.6 Å². The number of nitrogens with zero attached hydrogens (tertiary/aromatic N) is 2. The van der Waals surface area contributed by atoms with Crippen LogP contribution in [0.2, 0.25) is 0 Å². The van der Waals surface area contributed by atoms with Crippen LogP contribution in [0.3, 0.4) is 0 Å². The minimum Gasteiger partial charge on any atom is -0.376 e. The fourth-order valence-electron chi connectivity index (χ4n) is 3.70. The van der Waals surface area contributed by atoms with Crippen molar-refractivity contribution >= 4 is 17.3 Å². The highest BCUT2D eigenvalue weighted by Gasteiger charge is 2.30. The lowest BCUT2D eigenvalue weighted by molar-refractivity contribution is -0.384. The lowest BCUT2D eigenvalue weighted by Crippen LogP contribution is -2.46. The molecule has 1 N–H and O–H groups in total. The van der Waals surface area contributed by atoms with Crippen LogP contribution < -0.4 is 10.2 Å². The van der Waals surface area contributed by atoms with Gasteiger partial charge in [0.1, 0.15) is 5.69 Å². The molecule has 2 atom stereocenters. The smallest absolute Gasteiger partial charge is 0.292 e. The van der Waals surface area contributed by atoms with E-state index >= 15 is 0 Å². The molecule has 7 heteroatoms. The summed E-state index contributed by atoms with van der Waals surface area (Å²) in [6.45, 7) is 4.07. The van der Waals surface area contributed by atoms with Gasteiger partial charge in [0, 0.05) is 31.7 Å². The summed E-state index contributed by atoms with van der Waals surface area (Å²) in [4.78, 5) is 25.3. The van der Waals surface area contributed by atoms with E-state index in [2.05, 4.69) is 5.32 Å². The lowest BCUT2D eigenvalue weighted by Gasteiger charge is -2.33. The molecule has 2 unspecified atom stereocenters. The fourth-order valence-corrected chi connectivity index (χ4v) is 3.70. The van der Waals surface area contributed by atoms with Gasteiger partial charge in [-0.25, -0.2) is 0 Å². The molecule has 1 aromatic carbocycles. The highest BCUT2D eigenvalue weighted by atomic mass is 16.6. The van der Waals surface area contributed by atoms with Gasteiger partial charge >= 0.3 is 0 Å². The van der Waals surface area contributed by atoms with Crippen LogP contribution in [0, 0.1) is 16.0 Å². The van der Waals surface area contributed by atoms with Crippen molar-refractivity contribution in [1.29, 1.82) is 0 Å². The number of piperidine rings is 1. The van der Waals surface area contributed by atoms with Gasteiger partial charge in [0.2, 0.25) is 5.91 Å². The summed E-state index contributed by atoms with van der Waals surface area (Å²) < 4.78 is 5.63. The Morgan fingerprint density at radius 2 is 2.04 bits per heavy atom. The molecule has 2 aliphatic heterocycles. The van der Waals surface area contributed by atoms with E-state index in [1.807, 2.05) is 17.9 Å². The molecule has 0 saturated carbocycles. The molecule has 7 nitrogen and oxygen atoms in total. The van der Waals surface area contributed by atoms with Crippen molar-refractivity contribution in [3.63, 3.8) is 0 Å². The molecule has 2 saturated heterocycles. The van der Waals surface area contributed by atoms with E-state index in [0.717, 1.165) is 19.4 Å². The van der Waals surface area contributed by atoms with Crippen LogP contribution in [0.25, 0.3) is 0 Å². The van der Waals surface area contributed by atoms with E-state index in [4.69, 9.17) is 4.74 Å². The van der Waals surface area contributed by atoms with Crippen LogP contribution in [-0.4, -0.2) is 42.7 Å². The molecule has 0 aromatic heterocycles. The maximum Gasteiger partial charge on any atom is 0.292 e. The number of nitro benzene ring substituents is 1. The minimum absolute atomic E-state index is 0.0308. The monoisotopic (exact) mass is 347 g/mol. The van der Waals surface area contributed by atoms with E-state index in [1.165, 1.54) is 6.07 Å². The number of hydrogen-bond acceptors (Lipinski definition) is 5. The standard InChI is InChI=1S/C18H25N3O4/c1-13(17-7-4-12-25-17)19-18(22)14-8-10-20(11-9-14)15-5-2-3-6-16(15)21(23)24/h2-3,5-6,13-14,17H,4,7-12H2,1H3,(H,19,22). The van der Waals surface area contributed by atoms with Gasteiger partial charge in [-0.3, -0.25) is 14.9 Å². The van der Waals surface area contributed by atoms with Gasteiger partial charge in [-0.15, -0.1) is 0 Å². The topological polar surface area (TPSA) is 84.7 Å². The maximum atomic E-state index is 12.5. The average Bonchev–Trinajstić information content (AvgIpc) is 3.16. The zero-order chi connectivity index (χ0) is 17.8. The zero-order valence-corrected chi connectivity index (χ0v) is 14.5. The molecule has 0 radical (unpaired) electrons. The van der Waals surface area contributed by atoms with Crippen molar-refractivity contribution in [3.8, 4) is 0 Å². The normalized spacial score (nSPS) is 22.6. The molecule has 1 amide bonds. The third-order valence-corrected chi connectivity index (χ3v) is 5.18. The molecular weight excluding hydrogens is 322 g/mol. The number of ether oxygens (including phenoxy) is 1. The average molecular weight is 347 g/mol. The lowest BCUT2D eigenvalue weighted by atomic mass is 9.94. The Morgan fingerprint density at radius 3 is 2.68 bits per heavy atom. The van der Waals surface area contributed by atoms with E-state index in [-0.39, 0.29) is 34.6 Å². The minimum atomic E-state index is -0.350. The van der Waals surface area contributed by atoms with Gasteiger partial charge in [-0.05, 0) is 38.7 Å². The van der Waals surface area contributed by atoms with Gasteiger partial charge in [0.25, 0.3) is 5.69 Å². The maximum absolute atomic E-state index is 12.5. The summed E-state index contributed by atoms with van der Waals surface area (Å²) in [7, 11) is 0. The third kappa shape index (κ3) is 4.10. The molecule has 136 valence electrons. The van der Waals surface area contributed by atoms with Gasteiger partial charge in [-0.1, -0.05) is 12.1 Å². The summed E-state index contributed by atoms with van der Waals surface area (Å²) in [6.07, 6.45) is 3.58. The Hall–Kier alpha value is -2.15. The van der Waals surface area contributed by atoms with Crippen molar-refractivity contribution in [1.82, 2.24) is 5.32 Å². The Morgan fingerprint density at radius 1 is 1.32 bits per heavy atom. The van der Waals surface area contributed by atoms with Crippen molar-refractivity contribution in [2.24, 2.45) is 5.92 Å². The number of carbonyl (C=O) groups is 1. The highest BCUT2D eigenvalue weighted by molar-refractivity contribution is 5.79. The molecule has 1 aromatic rings. The van der Waals surface area contributed by atoms with Gasteiger partial charge in [0.05, 0.1) is 17.1 Å². The first-order chi connectivity index (χ1) is 12.1. The molecule has 0 aliphatic carbocycles. The van der Waals surface area contributed by atoms with Crippen LogP contribution >= 0.6 is 0 Å². The Kier molecular flexibility index (Phi) is 5.53. The molecule has 0 spiro atoms. The first-order valence-corrected chi connectivity index (χ1v) is 8.96. The predicted molar refractivity (Wildman–Crippen MR) is 94.6 cm³/mol. The molecule has 2 aliphatic rings. The number of benzene rings is 1. The van der Waals surface area contributed by atoms with Gasteiger partial charge in [-0.2, -0.15) is 0 Å². The number of carbonyl (C=O) groups excluding carboxylic acids is 1. The van der Waals surface area contributed by atoms with Crippen LogP contribution in [0.15, 0.2) is 24.3 Å². The molecule has 0 bridgehead atoms. The van der Waals surface area contributed by atoms with Crippen LogP contribution in [0.5, 0.6) is 0 Å². The quantitative estimate of drug-likeness (QED) is 0.653. The van der Waals surface area contributed by atoms with Crippen molar-refractivity contribution in [2.75, 3.05) is 24.6 Å².